The molecule has 76 heavy (non-hydrogen) atoms. The maximum atomic E-state index is 13.9. The van der Waals surface area contributed by atoms with Crippen molar-refractivity contribution in [3.63, 3.8) is 0 Å². The molecule has 2 atom stereocenters. The molecule has 0 aliphatic carbocycles. The maximum Gasteiger partial charge on any atom is 0.490 e. The number of anilines is 1. The van der Waals surface area contributed by atoms with Crippen LogP contribution in [0.25, 0.3) is 22.8 Å². The molecule has 2 unspecified atom stereocenters. The summed E-state index contributed by atoms with van der Waals surface area (Å²) in [5, 5.41) is 24.1. The number of rotatable bonds is 21. The predicted octanol–water partition coefficient (Wildman–Crippen LogP) is 5.38. The van der Waals surface area contributed by atoms with E-state index in [0.29, 0.717) is 11.1 Å². The van der Waals surface area contributed by atoms with E-state index in [-0.39, 0.29) is 101 Å². The summed E-state index contributed by atoms with van der Waals surface area (Å²) in [5.74, 6) is -9.24. The minimum Gasteiger partial charge on any atom is -0.478 e. The molecule has 0 bridgehead atoms. The van der Waals surface area contributed by atoms with Gasteiger partial charge in [-0.1, -0.05) is 73.8 Å². The van der Waals surface area contributed by atoms with E-state index in [2.05, 4.69) is 29.1 Å². The number of ether oxygens (including phenoxy) is 5. The molecule has 3 aromatic carbocycles. The first-order valence-electron chi connectivity index (χ1n) is 21.5. The number of aromatic nitrogens is 1. The largest absolute Gasteiger partial charge is 0.490 e. The van der Waals surface area contributed by atoms with E-state index in [9.17, 15) is 56.6 Å². The Morgan fingerprint density at radius 1 is 0.803 bits per heavy atom. The molecule has 1 aromatic heterocycles. The van der Waals surface area contributed by atoms with Crippen molar-refractivity contribution in [2.45, 2.75) is 42.3 Å². The summed E-state index contributed by atoms with van der Waals surface area (Å²) in [6.07, 6.45) is -1.74. The summed E-state index contributed by atoms with van der Waals surface area (Å²) in [6.45, 7) is 9.20. The van der Waals surface area contributed by atoms with Crippen LogP contribution in [0.5, 0.6) is 5.75 Å². The molecular formula is C50H45F3N5O16SZn-. The Hall–Kier alpha value is -8.48. The van der Waals surface area contributed by atoms with Crippen molar-refractivity contribution >= 4 is 89.2 Å². The number of aliphatic carboxylic acids is 1. The van der Waals surface area contributed by atoms with E-state index in [1.165, 1.54) is 32.1 Å². The first kappa shape index (κ1) is 61.8. The van der Waals surface area contributed by atoms with Gasteiger partial charge in [-0.25, -0.2) is 33.8 Å². The number of amides is 2. The van der Waals surface area contributed by atoms with Gasteiger partial charge in [-0.15, -0.1) is 11.8 Å². The van der Waals surface area contributed by atoms with Gasteiger partial charge >= 0.3 is 42.0 Å². The van der Waals surface area contributed by atoms with Gasteiger partial charge in [-0.2, -0.15) is 13.2 Å². The number of alkyl halides is 3. The summed E-state index contributed by atoms with van der Waals surface area (Å²) >= 11 is 0.937. The summed E-state index contributed by atoms with van der Waals surface area (Å²) < 4.78 is 57.2. The van der Waals surface area contributed by atoms with Crippen LogP contribution in [0.15, 0.2) is 125 Å². The van der Waals surface area contributed by atoms with E-state index in [0.717, 1.165) is 44.2 Å². The Labute approximate surface area is 447 Å². The van der Waals surface area contributed by atoms with Crippen molar-refractivity contribution in [3.8, 4) is 16.9 Å². The number of thioether (sulfide) groups is 1. The molecule has 4 aromatic rings. The molecule has 26 heteroatoms. The number of nitrogens with zero attached hydrogens (tertiary/aromatic N) is 2. The van der Waals surface area contributed by atoms with Gasteiger partial charge in [0.15, 0.2) is 5.91 Å². The molecule has 0 saturated heterocycles. The summed E-state index contributed by atoms with van der Waals surface area (Å²) in [6, 6.07) is 19.0. The number of esters is 4. The SMILES string of the molecule is C=CC(=O)OCC(COC(=O)C=C)NC(C)C(=O)NC1=N/C(=C\c2[n-]c(NC(=O)C(C)Sc3cc(OC=O)cc(C(=O)O)c3)c(C(=O)OC)c2-c2ccccc2)C(c2ccccc2)=C1C(=O)OC.O=C(O)C(F)(F)F.[Zn]. The zero-order chi connectivity index (χ0) is 55.6. The van der Waals surface area contributed by atoms with Crippen LogP contribution in [0.3, 0.4) is 0 Å². The van der Waals surface area contributed by atoms with Crippen molar-refractivity contribution in [2.24, 2.45) is 4.99 Å². The second-order valence-corrected chi connectivity index (χ2v) is 16.5. The zero-order valence-electron chi connectivity index (χ0n) is 40.6. The standard InChI is InChI=1S/C48H45N5O14S.C2HF3O2.Zn/c1-7-36(55)65-23-31(24-66-37(56)8-2)49-26(3)44(57)52-42-40(47(61)63-5)38(28-15-11-9-12-16-28)34(50-42)22-35-39(29-17-13-10-14-18-29)41(48(62)64-6)43(51-35)53-45(58)27(4)68-33-20-30(46(59)60)19-32(21-33)67-25-54;3-2(4,5)1(6)7;/h7-22,25-27,31,49H,1-2,23-24H2,3-6H3,(H4,50,51,52,53,57,58,59,60,61,62);(H,6,7);/p-1. The minimum atomic E-state index is -5.08. The minimum absolute atomic E-state index is 0. The van der Waals surface area contributed by atoms with Gasteiger partial charge in [0.25, 0.3) is 6.47 Å². The number of carbonyl (C=O) groups is 9. The van der Waals surface area contributed by atoms with Gasteiger partial charge in [-0.05, 0) is 66.3 Å². The summed E-state index contributed by atoms with van der Waals surface area (Å²) in [5.41, 5.74) is 0.951. The van der Waals surface area contributed by atoms with Crippen LogP contribution in [0.4, 0.5) is 19.0 Å². The van der Waals surface area contributed by atoms with Crippen molar-refractivity contribution in [3.05, 3.63) is 138 Å². The number of carboxylic acid groups (broad SMARTS) is 2. The van der Waals surface area contributed by atoms with Crippen LogP contribution in [-0.2, 0) is 72.0 Å². The molecular weight excluding hydrogens is 1080 g/mol. The van der Waals surface area contributed by atoms with Gasteiger partial charge < -0.3 is 49.5 Å². The van der Waals surface area contributed by atoms with Crippen LogP contribution in [0, 0.1) is 0 Å². The third-order valence-corrected chi connectivity index (χ3v) is 11.0. The maximum absolute atomic E-state index is 13.9. The Bertz CT molecular complexity index is 2940. The van der Waals surface area contributed by atoms with Crippen molar-refractivity contribution in [2.75, 3.05) is 32.8 Å². The van der Waals surface area contributed by atoms with Gasteiger partial charge in [0.1, 0.15) is 30.4 Å². The first-order valence-corrected chi connectivity index (χ1v) is 22.4. The molecule has 5 N–H and O–H groups in total. The molecule has 0 spiro atoms. The number of carbonyl (C=O) groups excluding carboxylic acids is 7. The second kappa shape index (κ2) is 28.8. The normalized spacial score (nSPS) is 13.0. The third-order valence-electron chi connectivity index (χ3n) is 9.91. The fourth-order valence-electron chi connectivity index (χ4n) is 6.52. The summed E-state index contributed by atoms with van der Waals surface area (Å²) in [7, 11) is 2.29. The van der Waals surface area contributed by atoms with E-state index in [4.69, 9.17) is 43.6 Å². The quantitative estimate of drug-likeness (QED) is 0.0175. The molecule has 2 heterocycles. The van der Waals surface area contributed by atoms with Crippen LogP contribution >= 0.6 is 11.8 Å². The van der Waals surface area contributed by atoms with Crippen LogP contribution in [0.1, 0.15) is 45.8 Å². The molecule has 0 fully saturated rings. The fourth-order valence-corrected chi connectivity index (χ4v) is 7.47. The van der Waals surface area contributed by atoms with Gasteiger partial charge in [0, 0.05) is 42.1 Å². The Morgan fingerprint density at radius 3 is 1.86 bits per heavy atom. The average molecular weight is 1130 g/mol. The third kappa shape index (κ3) is 17.0. The predicted molar refractivity (Wildman–Crippen MR) is 262 cm³/mol. The number of nitrogens with one attached hydrogen (secondary N) is 3. The number of halogens is 3. The van der Waals surface area contributed by atoms with Gasteiger partial charge in [0.2, 0.25) is 5.91 Å². The van der Waals surface area contributed by atoms with Gasteiger partial charge in [-0.3, -0.25) is 19.7 Å². The fraction of sp³-hybridized carbons (Fsp3) is 0.200. The van der Waals surface area contributed by atoms with E-state index in [1.807, 2.05) is 0 Å². The van der Waals surface area contributed by atoms with Crippen LogP contribution in [0.2, 0.25) is 0 Å². The van der Waals surface area contributed by atoms with E-state index in [1.54, 1.807) is 60.7 Å². The Morgan fingerprint density at radius 2 is 1.36 bits per heavy atom. The number of allylic oxidation sites excluding steroid dienone is 1. The summed E-state index contributed by atoms with van der Waals surface area (Å²) in [4.78, 5) is 120. The number of amidine groups is 1. The van der Waals surface area contributed by atoms with Crippen LogP contribution in [-0.4, -0.2) is 121 Å². The molecule has 2 amide bonds. The zero-order valence-corrected chi connectivity index (χ0v) is 44.4. The number of hydrogen-bond acceptors (Lipinski definition) is 17. The number of carboxylic acids is 2. The molecule has 0 saturated carbocycles. The number of aromatic carboxylic acids is 1. The van der Waals surface area contributed by atoms with Gasteiger partial charge in [0.05, 0.1) is 48.4 Å². The Balaban J connectivity index is 0.00000177. The molecule has 396 valence electrons. The number of hydrogen-bond donors (Lipinski definition) is 5. The van der Waals surface area contributed by atoms with Crippen molar-refractivity contribution in [1.29, 1.82) is 0 Å². The molecule has 21 nitrogen and oxygen atoms in total. The number of methoxy groups -OCH3 is 2. The van der Waals surface area contributed by atoms with Crippen molar-refractivity contribution in [1.82, 2.24) is 15.6 Å². The smallest absolute Gasteiger partial charge is 0.478 e. The number of benzene rings is 3. The second-order valence-electron chi connectivity index (χ2n) is 15.1. The van der Waals surface area contributed by atoms with Crippen molar-refractivity contribution < 1.29 is 110 Å². The van der Waals surface area contributed by atoms with Crippen LogP contribution < -0.4 is 25.7 Å². The molecule has 0 radical (unpaired) electrons. The Kier molecular flexibility index (Phi) is 23.5. The molecule has 1 aliphatic heterocycles. The number of aliphatic imine (C=N–C) groups is 1. The molecule has 5 rings (SSSR count). The van der Waals surface area contributed by atoms with E-state index < -0.39 is 71.1 Å². The topological polar surface area (TPSA) is 303 Å². The monoisotopic (exact) mass is 1120 g/mol. The first-order chi connectivity index (χ1) is 35.6. The van der Waals surface area contributed by atoms with E-state index >= 15 is 0 Å². The molecule has 1 aliphatic rings. The average Bonchev–Trinajstić information content (AvgIpc) is 3.93.